The standard InChI is InChI=1S/C15H10Br2FNO4/c16-9-1-4-12(11(18)7-9)19-14(20)8-22-15(21)6-3-10-2-5-13(17)23-10/h1-7H,8H2,(H,19,20)/b6-3+. The first-order valence-electron chi connectivity index (χ1n) is 6.29. The smallest absolute Gasteiger partial charge is 0.331 e. The Kier molecular flexibility index (Phi) is 6.12. The summed E-state index contributed by atoms with van der Waals surface area (Å²) in [5, 5.41) is 2.31. The van der Waals surface area contributed by atoms with E-state index in [1.807, 2.05) is 0 Å². The zero-order valence-corrected chi connectivity index (χ0v) is 14.7. The fourth-order valence-corrected chi connectivity index (χ4v) is 2.18. The minimum Gasteiger partial charge on any atom is -0.452 e. The third-order valence-corrected chi connectivity index (χ3v) is 3.45. The van der Waals surface area contributed by atoms with E-state index in [0.29, 0.717) is 14.9 Å². The molecule has 0 radical (unpaired) electrons. The first-order valence-corrected chi connectivity index (χ1v) is 7.88. The number of carbonyl (C=O) groups excluding carboxylic acids is 2. The van der Waals surface area contributed by atoms with Gasteiger partial charge in [0.25, 0.3) is 5.91 Å². The lowest BCUT2D eigenvalue weighted by atomic mass is 10.3. The Morgan fingerprint density at radius 3 is 2.70 bits per heavy atom. The summed E-state index contributed by atoms with van der Waals surface area (Å²) in [7, 11) is 0. The summed E-state index contributed by atoms with van der Waals surface area (Å²) in [6, 6.07) is 7.51. The average molecular weight is 447 g/mol. The van der Waals surface area contributed by atoms with Crippen molar-refractivity contribution in [1.82, 2.24) is 0 Å². The van der Waals surface area contributed by atoms with Crippen molar-refractivity contribution < 1.29 is 23.1 Å². The summed E-state index contributed by atoms with van der Waals surface area (Å²) in [6.45, 7) is -0.527. The van der Waals surface area contributed by atoms with Gasteiger partial charge in [0.05, 0.1) is 5.69 Å². The summed E-state index contributed by atoms with van der Waals surface area (Å²) < 4.78 is 24.5. The molecule has 5 nitrogen and oxygen atoms in total. The average Bonchev–Trinajstić information content (AvgIpc) is 2.91. The molecule has 23 heavy (non-hydrogen) atoms. The molecule has 0 unspecified atom stereocenters. The van der Waals surface area contributed by atoms with Crippen molar-refractivity contribution >= 4 is 55.5 Å². The van der Waals surface area contributed by atoms with Crippen LogP contribution in [0, 0.1) is 5.82 Å². The Bertz CT molecular complexity index is 758. The van der Waals surface area contributed by atoms with Crippen LogP contribution >= 0.6 is 31.9 Å². The lowest BCUT2D eigenvalue weighted by Gasteiger charge is -2.06. The van der Waals surface area contributed by atoms with Crippen LogP contribution in [0.1, 0.15) is 5.76 Å². The molecule has 1 aromatic heterocycles. The summed E-state index contributed by atoms with van der Waals surface area (Å²) in [6.07, 6.45) is 2.53. The maximum absolute atomic E-state index is 13.5. The third-order valence-electron chi connectivity index (χ3n) is 2.53. The van der Waals surface area contributed by atoms with Gasteiger partial charge in [-0.1, -0.05) is 15.9 Å². The van der Waals surface area contributed by atoms with Crippen LogP contribution in [0.4, 0.5) is 10.1 Å². The highest BCUT2D eigenvalue weighted by atomic mass is 79.9. The van der Waals surface area contributed by atoms with Crippen molar-refractivity contribution in [2.75, 3.05) is 11.9 Å². The number of carbonyl (C=O) groups is 2. The van der Waals surface area contributed by atoms with E-state index >= 15 is 0 Å². The number of hydrogen-bond acceptors (Lipinski definition) is 4. The number of furan rings is 1. The quantitative estimate of drug-likeness (QED) is 0.553. The molecule has 0 aliphatic heterocycles. The molecule has 0 spiro atoms. The van der Waals surface area contributed by atoms with Gasteiger partial charge in [0.1, 0.15) is 11.6 Å². The van der Waals surface area contributed by atoms with Crippen LogP contribution in [-0.2, 0) is 14.3 Å². The molecular formula is C15H10Br2FNO4. The highest BCUT2D eigenvalue weighted by molar-refractivity contribution is 9.10. The van der Waals surface area contributed by atoms with E-state index in [4.69, 9.17) is 9.15 Å². The molecule has 2 aromatic rings. The van der Waals surface area contributed by atoms with Crippen molar-refractivity contribution in [1.29, 1.82) is 0 Å². The molecule has 0 aliphatic rings. The van der Waals surface area contributed by atoms with E-state index in [2.05, 4.69) is 37.2 Å². The first-order chi connectivity index (χ1) is 10.9. The van der Waals surface area contributed by atoms with Gasteiger partial charge in [-0.25, -0.2) is 9.18 Å². The van der Waals surface area contributed by atoms with E-state index in [0.717, 1.165) is 6.08 Å². The van der Waals surface area contributed by atoms with E-state index in [-0.39, 0.29) is 5.69 Å². The molecule has 0 saturated heterocycles. The van der Waals surface area contributed by atoms with Crippen molar-refractivity contribution in [3.05, 3.63) is 57.1 Å². The number of ether oxygens (including phenoxy) is 1. The Balaban J connectivity index is 1.81. The molecule has 0 bridgehead atoms. The van der Waals surface area contributed by atoms with Gasteiger partial charge in [-0.15, -0.1) is 0 Å². The van der Waals surface area contributed by atoms with Gasteiger partial charge in [-0.05, 0) is 52.3 Å². The predicted molar refractivity (Wildman–Crippen MR) is 89.1 cm³/mol. The molecule has 0 aliphatic carbocycles. The minimum absolute atomic E-state index is 0.00484. The molecule has 1 aromatic carbocycles. The second kappa shape index (κ2) is 8.07. The fraction of sp³-hybridized carbons (Fsp3) is 0.0667. The summed E-state index contributed by atoms with van der Waals surface area (Å²) in [5.74, 6) is -1.50. The van der Waals surface area contributed by atoms with Crippen LogP contribution in [0.15, 0.2) is 50.0 Å². The van der Waals surface area contributed by atoms with Crippen molar-refractivity contribution in [2.45, 2.75) is 0 Å². The SMILES string of the molecule is O=C(COC(=O)/C=C/c1ccc(Br)o1)Nc1ccc(Br)cc1F. The number of nitrogens with one attached hydrogen (secondary N) is 1. The summed E-state index contributed by atoms with van der Waals surface area (Å²) in [5.41, 5.74) is 0.00484. The third kappa shape index (κ3) is 5.65. The van der Waals surface area contributed by atoms with E-state index < -0.39 is 24.3 Å². The summed E-state index contributed by atoms with van der Waals surface area (Å²) >= 11 is 6.24. The number of esters is 1. The highest BCUT2D eigenvalue weighted by Crippen LogP contribution is 2.19. The largest absolute Gasteiger partial charge is 0.452 e. The van der Waals surface area contributed by atoms with Crippen LogP contribution in [0.3, 0.4) is 0 Å². The van der Waals surface area contributed by atoms with Gasteiger partial charge >= 0.3 is 5.97 Å². The first kappa shape index (κ1) is 17.4. The highest BCUT2D eigenvalue weighted by Gasteiger charge is 2.09. The number of halogens is 3. The molecule has 1 heterocycles. The maximum Gasteiger partial charge on any atom is 0.331 e. The molecule has 0 fully saturated rings. The van der Waals surface area contributed by atoms with Crippen LogP contribution in [0.2, 0.25) is 0 Å². The van der Waals surface area contributed by atoms with Gasteiger partial charge in [0.2, 0.25) is 0 Å². The molecule has 8 heteroatoms. The summed E-state index contributed by atoms with van der Waals surface area (Å²) in [4.78, 5) is 23.1. The second-order valence-corrected chi connectivity index (χ2v) is 5.95. The number of hydrogen-bond donors (Lipinski definition) is 1. The molecule has 1 amide bonds. The van der Waals surface area contributed by atoms with Crippen LogP contribution in [0.25, 0.3) is 6.08 Å². The fourth-order valence-electron chi connectivity index (χ4n) is 1.53. The number of amides is 1. The Morgan fingerprint density at radius 2 is 2.04 bits per heavy atom. The normalized spacial score (nSPS) is 10.7. The van der Waals surface area contributed by atoms with Gasteiger partial charge in [-0.2, -0.15) is 0 Å². The van der Waals surface area contributed by atoms with Gasteiger partial charge in [-0.3, -0.25) is 4.79 Å². The Morgan fingerprint density at radius 1 is 1.26 bits per heavy atom. The molecule has 1 N–H and O–H groups in total. The molecule has 0 saturated carbocycles. The maximum atomic E-state index is 13.5. The number of anilines is 1. The van der Waals surface area contributed by atoms with Gasteiger partial charge < -0.3 is 14.5 Å². The van der Waals surface area contributed by atoms with Crippen LogP contribution < -0.4 is 5.32 Å². The minimum atomic E-state index is -0.719. The number of rotatable bonds is 5. The van der Waals surface area contributed by atoms with Crippen LogP contribution in [0.5, 0.6) is 0 Å². The molecule has 2 rings (SSSR count). The van der Waals surface area contributed by atoms with E-state index in [9.17, 15) is 14.0 Å². The monoisotopic (exact) mass is 445 g/mol. The van der Waals surface area contributed by atoms with Gasteiger partial charge in [0, 0.05) is 10.5 Å². The Hall–Kier alpha value is -1.93. The van der Waals surface area contributed by atoms with Crippen molar-refractivity contribution in [3.63, 3.8) is 0 Å². The number of benzene rings is 1. The molecule has 0 atom stereocenters. The molecular weight excluding hydrogens is 437 g/mol. The van der Waals surface area contributed by atoms with Crippen LogP contribution in [-0.4, -0.2) is 18.5 Å². The lowest BCUT2D eigenvalue weighted by molar-refractivity contribution is -0.142. The van der Waals surface area contributed by atoms with E-state index in [1.54, 1.807) is 18.2 Å². The molecule has 120 valence electrons. The zero-order chi connectivity index (χ0) is 16.8. The second-order valence-electron chi connectivity index (χ2n) is 4.26. The van der Waals surface area contributed by atoms with Crippen molar-refractivity contribution in [2.24, 2.45) is 0 Å². The predicted octanol–water partition coefficient (Wildman–Crippen LogP) is 4.14. The zero-order valence-electron chi connectivity index (χ0n) is 11.5. The lowest BCUT2D eigenvalue weighted by Crippen LogP contribution is -2.20. The van der Waals surface area contributed by atoms with Crippen molar-refractivity contribution in [3.8, 4) is 0 Å². The topological polar surface area (TPSA) is 68.5 Å². The van der Waals surface area contributed by atoms with E-state index in [1.165, 1.54) is 18.2 Å². The van der Waals surface area contributed by atoms with Gasteiger partial charge in [0.15, 0.2) is 11.3 Å². The Labute approximate surface area is 147 Å².